The summed E-state index contributed by atoms with van der Waals surface area (Å²) < 4.78 is 10.6. The van der Waals surface area contributed by atoms with Crippen molar-refractivity contribution in [1.29, 1.82) is 0 Å². The van der Waals surface area contributed by atoms with Crippen LogP contribution in [0.15, 0.2) is 22.7 Å². The van der Waals surface area contributed by atoms with Gasteiger partial charge < -0.3 is 14.6 Å². The molecule has 2 heterocycles. The van der Waals surface area contributed by atoms with E-state index in [9.17, 15) is 0 Å². The van der Waals surface area contributed by atoms with Crippen LogP contribution >= 0.6 is 0 Å². The number of methoxy groups -OCH3 is 1. The van der Waals surface area contributed by atoms with Gasteiger partial charge in [0.2, 0.25) is 5.82 Å². The number of nitrogens with zero attached hydrogens (tertiary/aromatic N) is 2. The molecule has 0 bridgehead atoms. The fourth-order valence-electron chi connectivity index (χ4n) is 2.36. The van der Waals surface area contributed by atoms with E-state index in [0.717, 1.165) is 30.6 Å². The van der Waals surface area contributed by atoms with Crippen LogP contribution in [0.25, 0.3) is 11.5 Å². The molecule has 1 aliphatic heterocycles. The highest BCUT2D eigenvalue weighted by Crippen LogP contribution is 2.29. The van der Waals surface area contributed by atoms with Gasteiger partial charge in [-0.1, -0.05) is 18.1 Å². The van der Waals surface area contributed by atoms with Crippen LogP contribution in [0, 0.1) is 0 Å². The molecule has 0 aliphatic carbocycles. The van der Waals surface area contributed by atoms with Gasteiger partial charge in [-0.05, 0) is 30.5 Å². The number of ether oxygens (including phenoxy) is 1. The number of hydrogen-bond acceptors (Lipinski definition) is 5. The molecule has 1 unspecified atom stereocenters. The summed E-state index contributed by atoms with van der Waals surface area (Å²) in [4.78, 5) is 4.42. The number of aromatic nitrogens is 2. The molecular formula is C14H17N3O2. The molecule has 1 aromatic heterocycles. The van der Waals surface area contributed by atoms with Crippen molar-refractivity contribution in [2.45, 2.75) is 25.9 Å². The molecule has 0 saturated carbocycles. The van der Waals surface area contributed by atoms with Gasteiger partial charge in [0.15, 0.2) is 0 Å². The molecule has 0 fully saturated rings. The van der Waals surface area contributed by atoms with Crippen molar-refractivity contribution in [3.05, 3.63) is 29.6 Å². The van der Waals surface area contributed by atoms with E-state index in [0.29, 0.717) is 11.7 Å². The van der Waals surface area contributed by atoms with Gasteiger partial charge in [0.25, 0.3) is 5.89 Å². The first-order chi connectivity index (χ1) is 9.31. The predicted octanol–water partition coefficient (Wildman–Crippen LogP) is 2.80. The zero-order valence-corrected chi connectivity index (χ0v) is 11.1. The number of anilines is 1. The van der Waals surface area contributed by atoms with E-state index >= 15 is 0 Å². The average Bonchev–Trinajstić information content (AvgIpc) is 3.08. The smallest absolute Gasteiger partial charge is 0.258 e. The molecule has 0 amide bonds. The zero-order chi connectivity index (χ0) is 13.2. The molecule has 0 saturated heterocycles. The van der Waals surface area contributed by atoms with E-state index in [-0.39, 0.29) is 6.10 Å². The largest absolute Gasteiger partial charge is 0.384 e. The molecule has 1 aromatic carbocycles. The van der Waals surface area contributed by atoms with Crippen LogP contribution in [0.3, 0.4) is 0 Å². The molecule has 19 heavy (non-hydrogen) atoms. The maximum absolute atomic E-state index is 5.33. The van der Waals surface area contributed by atoms with Gasteiger partial charge in [-0.15, -0.1) is 0 Å². The van der Waals surface area contributed by atoms with Gasteiger partial charge in [0.05, 0.1) is 0 Å². The topological polar surface area (TPSA) is 60.2 Å². The first-order valence-corrected chi connectivity index (χ1v) is 6.55. The molecular weight excluding hydrogens is 242 g/mol. The maximum Gasteiger partial charge on any atom is 0.258 e. The molecule has 3 rings (SSSR count). The van der Waals surface area contributed by atoms with Gasteiger partial charge in [0.1, 0.15) is 6.10 Å². The van der Waals surface area contributed by atoms with Gasteiger partial charge in [0, 0.05) is 24.9 Å². The van der Waals surface area contributed by atoms with Crippen LogP contribution < -0.4 is 5.32 Å². The van der Waals surface area contributed by atoms with Crippen molar-refractivity contribution in [2.24, 2.45) is 0 Å². The van der Waals surface area contributed by atoms with Crippen LogP contribution in [0.5, 0.6) is 0 Å². The van der Waals surface area contributed by atoms with E-state index in [1.165, 1.54) is 5.56 Å². The number of hydrogen-bond donors (Lipinski definition) is 1. The minimum Gasteiger partial charge on any atom is -0.384 e. The second-order valence-electron chi connectivity index (χ2n) is 4.64. The van der Waals surface area contributed by atoms with Crippen molar-refractivity contribution >= 4 is 5.69 Å². The summed E-state index contributed by atoms with van der Waals surface area (Å²) in [6.45, 7) is 3.03. The fourth-order valence-corrected chi connectivity index (χ4v) is 2.36. The summed E-state index contributed by atoms with van der Waals surface area (Å²) in [5, 5.41) is 7.34. The highest BCUT2D eigenvalue weighted by Gasteiger charge is 2.18. The molecule has 5 nitrogen and oxygen atoms in total. The second kappa shape index (κ2) is 5.01. The Bertz CT molecular complexity index is 576. The van der Waals surface area contributed by atoms with Crippen LogP contribution in [0.2, 0.25) is 0 Å². The molecule has 1 aliphatic rings. The van der Waals surface area contributed by atoms with Gasteiger partial charge >= 0.3 is 0 Å². The third-order valence-electron chi connectivity index (χ3n) is 3.45. The van der Waals surface area contributed by atoms with E-state index in [4.69, 9.17) is 9.26 Å². The Kier molecular flexibility index (Phi) is 3.21. The molecule has 2 aromatic rings. The highest BCUT2D eigenvalue weighted by atomic mass is 16.5. The average molecular weight is 259 g/mol. The Morgan fingerprint density at radius 2 is 2.37 bits per heavy atom. The summed E-state index contributed by atoms with van der Waals surface area (Å²) in [6, 6.07) is 6.20. The lowest BCUT2D eigenvalue weighted by atomic mass is 10.1. The summed E-state index contributed by atoms with van der Waals surface area (Å²) in [7, 11) is 1.66. The van der Waals surface area contributed by atoms with Crippen LogP contribution in [-0.4, -0.2) is 23.8 Å². The van der Waals surface area contributed by atoms with E-state index in [2.05, 4.69) is 27.6 Å². The lowest BCUT2D eigenvalue weighted by molar-refractivity contribution is 0.0903. The number of nitrogens with one attached hydrogen (secondary N) is 1. The molecule has 5 heteroatoms. The Hall–Kier alpha value is -1.88. The lowest BCUT2D eigenvalue weighted by Crippen LogP contribution is -2.01. The normalized spacial score (nSPS) is 15.1. The predicted molar refractivity (Wildman–Crippen MR) is 72.0 cm³/mol. The van der Waals surface area contributed by atoms with Crippen molar-refractivity contribution in [2.75, 3.05) is 19.0 Å². The quantitative estimate of drug-likeness (QED) is 0.914. The van der Waals surface area contributed by atoms with Crippen molar-refractivity contribution in [1.82, 2.24) is 10.1 Å². The fraction of sp³-hybridized carbons (Fsp3) is 0.429. The summed E-state index contributed by atoms with van der Waals surface area (Å²) in [5.74, 6) is 1.15. The first-order valence-electron chi connectivity index (χ1n) is 6.55. The van der Waals surface area contributed by atoms with E-state index < -0.39 is 0 Å². The minimum atomic E-state index is -0.106. The Morgan fingerprint density at radius 1 is 1.47 bits per heavy atom. The Balaban J connectivity index is 1.90. The number of fused-ring (bicyclic) bond motifs is 1. The SMILES string of the molecule is CCC(OC)c1noc(-c2ccc3c(c2)NCC3)n1. The van der Waals surface area contributed by atoms with Gasteiger partial charge in [-0.25, -0.2) is 0 Å². The van der Waals surface area contributed by atoms with Crippen LogP contribution in [0.1, 0.15) is 30.8 Å². The summed E-state index contributed by atoms with van der Waals surface area (Å²) in [6.07, 6.45) is 1.79. The number of benzene rings is 1. The molecule has 0 spiro atoms. The standard InChI is InChI=1S/C14H17N3O2/c1-3-12(18-2)13-16-14(19-17-13)10-5-4-9-6-7-15-11(9)8-10/h4-5,8,12,15H,3,6-7H2,1-2H3. The molecule has 1 N–H and O–H groups in total. The van der Waals surface area contributed by atoms with Crippen LogP contribution in [-0.2, 0) is 11.2 Å². The molecule has 100 valence electrons. The summed E-state index contributed by atoms with van der Waals surface area (Å²) in [5.41, 5.74) is 3.45. The van der Waals surface area contributed by atoms with E-state index in [1.54, 1.807) is 7.11 Å². The molecule has 0 radical (unpaired) electrons. The third kappa shape index (κ3) is 2.21. The zero-order valence-electron chi connectivity index (χ0n) is 11.1. The van der Waals surface area contributed by atoms with E-state index in [1.807, 2.05) is 13.0 Å². The summed E-state index contributed by atoms with van der Waals surface area (Å²) >= 11 is 0. The third-order valence-corrected chi connectivity index (χ3v) is 3.45. The lowest BCUT2D eigenvalue weighted by Gasteiger charge is -2.06. The van der Waals surface area contributed by atoms with Crippen LogP contribution in [0.4, 0.5) is 5.69 Å². The Morgan fingerprint density at radius 3 is 3.16 bits per heavy atom. The second-order valence-corrected chi connectivity index (χ2v) is 4.64. The van der Waals surface area contributed by atoms with Crippen molar-refractivity contribution < 1.29 is 9.26 Å². The van der Waals surface area contributed by atoms with Crippen molar-refractivity contribution in [3.63, 3.8) is 0 Å². The van der Waals surface area contributed by atoms with Gasteiger partial charge in [-0.3, -0.25) is 0 Å². The van der Waals surface area contributed by atoms with Gasteiger partial charge in [-0.2, -0.15) is 4.98 Å². The Labute approximate surface area is 112 Å². The highest BCUT2D eigenvalue weighted by molar-refractivity contribution is 5.66. The molecule has 1 atom stereocenters. The number of rotatable bonds is 4. The first kappa shape index (κ1) is 12.2. The van der Waals surface area contributed by atoms with Crippen molar-refractivity contribution in [3.8, 4) is 11.5 Å². The monoisotopic (exact) mass is 259 g/mol. The minimum absolute atomic E-state index is 0.106. The maximum atomic E-state index is 5.33.